The van der Waals surface area contributed by atoms with Gasteiger partial charge in [0.2, 0.25) is 0 Å². The van der Waals surface area contributed by atoms with Crippen molar-refractivity contribution in [1.82, 2.24) is 10.9 Å². The van der Waals surface area contributed by atoms with Gasteiger partial charge in [0.15, 0.2) is 6.61 Å². The van der Waals surface area contributed by atoms with Crippen molar-refractivity contribution in [2.24, 2.45) is 0 Å². The smallest absolute Gasteiger partial charge is 0.282 e. The third-order valence-electron chi connectivity index (χ3n) is 3.58. The molecule has 2 rings (SSSR count). The summed E-state index contributed by atoms with van der Waals surface area (Å²) in [6, 6.07) is 12.8. The molecule has 2 amide bonds. The number of hydrogen-bond donors (Lipinski definition) is 2. The number of nitro benzene ring substituents is 1. The number of nitrogens with one attached hydrogen (secondary N) is 2. The second kappa shape index (κ2) is 8.61. The molecule has 0 aliphatic rings. The second-order valence-corrected chi connectivity index (χ2v) is 5.79. The lowest BCUT2D eigenvalue weighted by Gasteiger charge is -2.10. The molecule has 0 aliphatic carbocycles. The van der Waals surface area contributed by atoms with Crippen LogP contribution in [-0.2, 0) is 4.79 Å². The number of ether oxygens (including phenoxy) is 1. The first-order valence-electron chi connectivity index (χ1n) is 7.94. The van der Waals surface area contributed by atoms with Crippen molar-refractivity contribution in [1.29, 1.82) is 0 Å². The van der Waals surface area contributed by atoms with Crippen LogP contribution in [0, 0.1) is 10.1 Å². The van der Waals surface area contributed by atoms with Gasteiger partial charge in [-0.25, -0.2) is 0 Å². The summed E-state index contributed by atoms with van der Waals surface area (Å²) in [6.45, 7) is 3.84. The molecule has 0 heterocycles. The van der Waals surface area contributed by atoms with E-state index in [-0.39, 0.29) is 17.9 Å². The van der Waals surface area contributed by atoms with Gasteiger partial charge < -0.3 is 4.74 Å². The van der Waals surface area contributed by atoms with Gasteiger partial charge in [0.25, 0.3) is 17.5 Å². The van der Waals surface area contributed by atoms with Crippen molar-refractivity contribution < 1.29 is 19.2 Å². The number of amides is 2. The molecule has 0 radical (unpaired) electrons. The third-order valence-corrected chi connectivity index (χ3v) is 3.58. The number of carbonyl (C=O) groups excluding carboxylic acids is 2. The predicted octanol–water partition coefficient (Wildman–Crippen LogP) is 2.56. The van der Waals surface area contributed by atoms with Crippen LogP contribution in [0.2, 0.25) is 0 Å². The van der Waals surface area contributed by atoms with Gasteiger partial charge in [-0.15, -0.1) is 0 Å². The van der Waals surface area contributed by atoms with E-state index in [1.165, 1.54) is 24.3 Å². The van der Waals surface area contributed by atoms with Gasteiger partial charge in [-0.1, -0.05) is 38.1 Å². The van der Waals surface area contributed by atoms with E-state index in [0.717, 1.165) is 5.56 Å². The number of hydrazine groups is 1. The van der Waals surface area contributed by atoms with Gasteiger partial charge >= 0.3 is 0 Å². The SMILES string of the molecule is CC(C)c1ccc(OCC(=O)NNC(=O)c2ccccc2[N+](=O)[O-])cc1. The maximum atomic E-state index is 12.0. The van der Waals surface area contributed by atoms with E-state index in [9.17, 15) is 19.7 Å². The highest BCUT2D eigenvalue weighted by atomic mass is 16.6. The highest BCUT2D eigenvalue weighted by molar-refractivity contribution is 5.99. The lowest BCUT2D eigenvalue weighted by Crippen LogP contribution is -2.44. The summed E-state index contributed by atoms with van der Waals surface area (Å²) in [5, 5.41) is 10.9. The minimum absolute atomic E-state index is 0.150. The molecule has 0 fully saturated rings. The van der Waals surface area contributed by atoms with Crippen molar-refractivity contribution in [2.45, 2.75) is 19.8 Å². The van der Waals surface area contributed by atoms with Crippen molar-refractivity contribution >= 4 is 17.5 Å². The zero-order valence-corrected chi connectivity index (χ0v) is 14.4. The molecular formula is C18H19N3O5. The molecule has 2 N–H and O–H groups in total. The van der Waals surface area contributed by atoms with Gasteiger partial charge in [0.1, 0.15) is 11.3 Å². The van der Waals surface area contributed by atoms with Crippen LogP contribution in [0.1, 0.15) is 35.7 Å². The summed E-state index contributed by atoms with van der Waals surface area (Å²) >= 11 is 0. The number of benzene rings is 2. The van der Waals surface area contributed by atoms with E-state index in [1.807, 2.05) is 12.1 Å². The molecule has 0 saturated carbocycles. The number of para-hydroxylation sites is 1. The van der Waals surface area contributed by atoms with Crippen LogP contribution >= 0.6 is 0 Å². The Kier molecular flexibility index (Phi) is 6.26. The molecule has 0 unspecified atom stereocenters. The van der Waals surface area contributed by atoms with Crippen LogP contribution in [0.5, 0.6) is 5.75 Å². The topological polar surface area (TPSA) is 111 Å². The van der Waals surface area contributed by atoms with Gasteiger partial charge in [-0.05, 0) is 29.7 Å². The van der Waals surface area contributed by atoms with Crippen LogP contribution in [0.15, 0.2) is 48.5 Å². The van der Waals surface area contributed by atoms with E-state index in [1.54, 1.807) is 12.1 Å². The number of nitrogens with zero attached hydrogens (tertiary/aromatic N) is 1. The molecule has 2 aromatic rings. The Balaban J connectivity index is 1.85. The summed E-state index contributed by atoms with van der Waals surface area (Å²) < 4.78 is 5.33. The second-order valence-electron chi connectivity index (χ2n) is 5.79. The van der Waals surface area contributed by atoms with E-state index in [0.29, 0.717) is 11.7 Å². The molecule has 8 nitrogen and oxygen atoms in total. The van der Waals surface area contributed by atoms with Crippen LogP contribution in [0.4, 0.5) is 5.69 Å². The molecule has 8 heteroatoms. The summed E-state index contributed by atoms with van der Waals surface area (Å²) in [6.07, 6.45) is 0. The Bertz CT molecular complexity index is 803. The Hall–Kier alpha value is -3.42. The Labute approximate surface area is 150 Å². The summed E-state index contributed by atoms with van der Waals surface area (Å²) in [4.78, 5) is 34.0. The predicted molar refractivity (Wildman–Crippen MR) is 94.7 cm³/mol. The highest BCUT2D eigenvalue weighted by Crippen LogP contribution is 2.18. The lowest BCUT2D eigenvalue weighted by atomic mass is 10.0. The molecule has 2 aromatic carbocycles. The first-order valence-corrected chi connectivity index (χ1v) is 7.94. The molecule has 0 aromatic heterocycles. The molecule has 26 heavy (non-hydrogen) atoms. The fourth-order valence-corrected chi connectivity index (χ4v) is 2.15. The molecule has 0 spiro atoms. The minimum Gasteiger partial charge on any atom is -0.484 e. The molecule has 0 saturated heterocycles. The monoisotopic (exact) mass is 357 g/mol. The van der Waals surface area contributed by atoms with E-state index in [2.05, 4.69) is 24.7 Å². The Morgan fingerprint density at radius 3 is 2.35 bits per heavy atom. The fourth-order valence-electron chi connectivity index (χ4n) is 2.15. The molecule has 0 atom stereocenters. The average molecular weight is 357 g/mol. The maximum absolute atomic E-state index is 12.0. The van der Waals surface area contributed by atoms with Crippen LogP contribution < -0.4 is 15.6 Å². The molecule has 0 aliphatic heterocycles. The molecule has 136 valence electrons. The average Bonchev–Trinajstić information content (AvgIpc) is 2.64. The standard InChI is InChI=1S/C18H19N3O5/c1-12(2)13-7-9-14(10-8-13)26-11-17(22)19-20-18(23)15-5-3-4-6-16(15)21(24)25/h3-10,12H,11H2,1-2H3,(H,19,22)(H,20,23). The van der Waals surface area contributed by atoms with Gasteiger partial charge in [-0.2, -0.15) is 0 Å². The van der Waals surface area contributed by atoms with Crippen molar-refractivity contribution in [3.63, 3.8) is 0 Å². The first kappa shape index (κ1) is 18.9. The van der Waals surface area contributed by atoms with Crippen LogP contribution in [-0.4, -0.2) is 23.3 Å². The Morgan fingerprint density at radius 1 is 1.08 bits per heavy atom. The third kappa shape index (κ3) is 5.04. The molecule has 0 bridgehead atoms. The largest absolute Gasteiger partial charge is 0.484 e. The minimum atomic E-state index is -0.785. The quantitative estimate of drug-likeness (QED) is 0.610. The van der Waals surface area contributed by atoms with Crippen LogP contribution in [0.25, 0.3) is 0 Å². The van der Waals surface area contributed by atoms with Crippen molar-refractivity contribution in [3.8, 4) is 5.75 Å². The van der Waals surface area contributed by atoms with Crippen molar-refractivity contribution in [2.75, 3.05) is 6.61 Å². The maximum Gasteiger partial charge on any atom is 0.282 e. The van der Waals surface area contributed by atoms with Gasteiger partial charge in [-0.3, -0.25) is 30.6 Å². The summed E-state index contributed by atoms with van der Waals surface area (Å²) in [5.74, 6) is -0.462. The normalized spacial score (nSPS) is 10.3. The fraction of sp³-hybridized carbons (Fsp3) is 0.222. The highest BCUT2D eigenvalue weighted by Gasteiger charge is 2.19. The van der Waals surface area contributed by atoms with Crippen LogP contribution in [0.3, 0.4) is 0 Å². The van der Waals surface area contributed by atoms with E-state index in [4.69, 9.17) is 4.74 Å². The van der Waals surface area contributed by atoms with Crippen molar-refractivity contribution in [3.05, 3.63) is 69.8 Å². The van der Waals surface area contributed by atoms with Gasteiger partial charge in [0.05, 0.1) is 4.92 Å². The number of nitro groups is 1. The summed E-state index contributed by atoms with van der Waals surface area (Å²) in [5.41, 5.74) is 4.95. The van der Waals surface area contributed by atoms with Gasteiger partial charge in [0, 0.05) is 6.07 Å². The van der Waals surface area contributed by atoms with E-state index >= 15 is 0 Å². The number of carbonyl (C=O) groups is 2. The number of rotatable bonds is 6. The zero-order valence-electron chi connectivity index (χ0n) is 14.4. The Morgan fingerprint density at radius 2 is 1.73 bits per heavy atom. The zero-order chi connectivity index (χ0) is 19.1. The molecular weight excluding hydrogens is 338 g/mol. The number of hydrogen-bond acceptors (Lipinski definition) is 5. The van der Waals surface area contributed by atoms with E-state index < -0.39 is 16.7 Å². The summed E-state index contributed by atoms with van der Waals surface area (Å²) in [7, 11) is 0. The lowest BCUT2D eigenvalue weighted by molar-refractivity contribution is -0.385. The first-order chi connectivity index (χ1) is 12.4.